The molecule has 4 heteroatoms. The van der Waals surface area contributed by atoms with E-state index in [-0.39, 0.29) is 5.91 Å². The highest BCUT2D eigenvalue weighted by atomic mass is 16.1. The number of likely N-dealkylation sites (tertiary alicyclic amines) is 1. The maximum Gasteiger partial charge on any atom is 0.224 e. The summed E-state index contributed by atoms with van der Waals surface area (Å²) in [5, 5.41) is 6.03. The van der Waals surface area contributed by atoms with Crippen LogP contribution in [0.3, 0.4) is 0 Å². The minimum absolute atomic E-state index is 0.0959. The van der Waals surface area contributed by atoms with Crippen LogP contribution in [0.25, 0.3) is 0 Å². The highest BCUT2D eigenvalue weighted by molar-refractivity contribution is 5.90. The van der Waals surface area contributed by atoms with E-state index in [2.05, 4.69) is 27.7 Å². The number of hydrogen-bond acceptors (Lipinski definition) is 3. The summed E-state index contributed by atoms with van der Waals surface area (Å²) in [6.45, 7) is 4.26. The van der Waals surface area contributed by atoms with Crippen molar-refractivity contribution in [2.75, 3.05) is 32.0 Å². The van der Waals surface area contributed by atoms with Crippen LogP contribution in [0, 0.1) is 0 Å². The molecule has 0 aliphatic carbocycles. The molecule has 0 aromatic heterocycles. The summed E-state index contributed by atoms with van der Waals surface area (Å²) < 4.78 is 0. The largest absolute Gasteiger partial charge is 0.326 e. The Morgan fingerprint density at radius 1 is 1.30 bits per heavy atom. The fourth-order valence-corrected chi connectivity index (χ4v) is 2.60. The van der Waals surface area contributed by atoms with Crippen LogP contribution < -0.4 is 10.6 Å². The number of hydrogen-bond donors (Lipinski definition) is 2. The molecule has 20 heavy (non-hydrogen) atoms. The van der Waals surface area contributed by atoms with Gasteiger partial charge >= 0.3 is 0 Å². The lowest BCUT2D eigenvalue weighted by atomic mass is 10.2. The molecular formula is C16H25N3O. The predicted octanol–water partition coefficient (Wildman–Crippen LogP) is 2.22. The topological polar surface area (TPSA) is 44.4 Å². The molecular weight excluding hydrogens is 250 g/mol. The first-order valence-corrected chi connectivity index (χ1v) is 7.53. The summed E-state index contributed by atoms with van der Waals surface area (Å²) in [5.74, 6) is 0.0959. The molecule has 1 amide bonds. The number of benzene rings is 1. The van der Waals surface area contributed by atoms with E-state index in [1.807, 2.05) is 19.2 Å². The van der Waals surface area contributed by atoms with Gasteiger partial charge in [-0.3, -0.25) is 9.69 Å². The molecule has 1 aliphatic heterocycles. The SMILES string of the molecule is CNCCCC(=O)Nc1cccc(CN2CCCC2)c1. The Bertz CT molecular complexity index is 427. The van der Waals surface area contributed by atoms with Gasteiger partial charge in [0.25, 0.3) is 0 Å². The summed E-state index contributed by atoms with van der Waals surface area (Å²) in [7, 11) is 1.90. The fraction of sp³-hybridized carbons (Fsp3) is 0.562. The van der Waals surface area contributed by atoms with E-state index in [0.717, 1.165) is 25.2 Å². The van der Waals surface area contributed by atoms with Gasteiger partial charge in [0, 0.05) is 18.7 Å². The zero-order valence-electron chi connectivity index (χ0n) is 12.3. The lowest BCUT2D eigenvalue weighted by molar-refractivity contribution is -0.116. The van der Waals surface area contributed by atoms with E-state index in [1.165, 1.54) is 31.5 Å². The third kappa shape index (κ3) is 4.94. The Kier molecular flexibility index (Phi) is 6.02. The van der Waals surface area contributed by atoms with Gasteiger partial charge in [-0.05, 0) is 63.6 Å². The van der Waals surface area contributed by atoms with Crippen molar-refractivity contribution in [1.82, 2.24) is 10.2 Å². The van der Waals surface area contributed by atoms with Crippen molar-refractivity contribution in [2.45, 2.75) is 32.2 Å². The number of carbonyl (C=O) groups excluding carboxylic acids is 1. The van der Waals surface area contributed by atoms with Crippen molar-refractivity contribution in [3.05, 3.63) is 29.8 Å². The molecule has 0 atom stereocenters. The molecule has 2 rings (SSSR count). The van der Waals surface area contributed by atoms with Gasteiger partial charge in [-0.1, -0.05) is 12.1 Å². The van der Waals surface area contributed by atoms with E-state index >= 15 is 0 Å². The number of rotatable bonds is 7. The molecule has 110 valence electrons. The molecule has 1 aliphatic rings. The van der Waals surface area contributed by atoms with Crippen LogP contribution in [-0.2, 0) is 11.3 Å². The normalized spacial score (nSPS) is 15.4. The zero-order valence-corrected chi connectivity index (χ0v) is 12.3. The first-order valence-electron chi connectivity index (χ1n) is 7.53. The second-order valence-corrected chi connectivity index (χ2v) is 5.44. The van der Waals surface area contributed by atoms with E-state index < -0.39 is 0 Å². The van der Waals surface area contributed by atoms with Crippen molar-refractivity contribution in [2.24, 2.45) is 0 Å². The zero-order chi connectivity index (χ0) is 14.2. The molecule has 1 fully saturated rings. The second kappa shape index (κ2) is 8.02. The summed E-state index contributed by atoms with van der Waals surface area (Å²) in [5.41, 5.74) is 2.19. The number of nitrogens with one attached hydrogen (secondary N) is 2. The van der Waals surface area contributed by atoms with Gasteiger partial charge < -0.3 is 10.6 Å². The van der Waals surface area contributed by atoms with Crippen LogP contribution in [-0.4, -0.2) is 37.5 Å². The molecule has 1 aromatic carbocycles. The van der Waals surface area contributed by atoms with E-state index in [1.54, 1.807) is 0 Å². The molecule has 0 unspecified atom stereocenters. The Labute approximate surface area is 121 Å². The van der Waals surface area contributed by atoms with Gasteiger partial charge in [-0.2, -0.15) is 0 Å². The van der Waals surface area contributed by atoms with Gasteiger partial charge in [-0.25, -0.2) is 0 Å². The number of carbonyl (C=O) groups is 1. The maximum absolute atomic E-state index is 11.8. The minimum Gasteiger partial charge on any atom is -0.326 e. The van der Waals surface area contributed by atoms with Crippen molar-refractivity contribution < 1.29 is 4.79 Å². The van der Waals surface area contributed by atoms with Gasteiger partial charge in [0.05, 0.1) is 0 Å². The third-order valence-corrected chi connectivity index (χ3v) is 3.65. The van der Waals surface area contributed by atoms with Crippen molar-refractivity contribution in [1.29, 1.82) is 0 Å². The van der Waals surface area contributed by atoms with Crippen LogP contribution >= 0.6 is 0 Å². The van der Waals surface area contributed by atoms with Gasteiger partial charge in [0.1, 0.15) is 0 Å². The van der Waals surface area contributed by atoms with Crippen LogP contribution in [0.5, 0.6) is 0 Å². The molecule has 0 saturated carbocycles. The molecule has 1 saturated heterocycles. The molecule has 4 nitrogen and oxygen atoms in total. The molecule has 1 aromatic rings. The van der Waals surface area contributed by atoms with E-state index in [9.17, 15) is 4.79 Å². The summed E-state index contributed by atoms with van der Waals surface area (Å²) in [4.78, 5) is 14.3. The number of amides is 1. The van der Waals surface area contributed by atoms with Gasteiger partial charge in [-0.15, -0.1) is 0 Å². The Hall–Kier alpha value is -1.39. The summed E-state index contributed by atoms with van der Waals surface area (Å²) in [6.07, 6.45) is 4.05. The molecule has 0 radical (unpaired) electrons. The standard InChI is InChI=1S/C16H25N3O/c1-17-9-5-8-16(20)18-15-7-4-6-14(12-15)13-19-10-2-3-11-19/h4,6-7,12,17H,2-3,5,8-11,13H2,1H3,(H,18,20). The molecule has 1 heterocycles. The van der Waals surface area contributed by atoms with Crippen LogP contribution in [0.4, 0.5) is 5.69 Å². The molecule has 0 bridgehead atoms. The first-order chi connectivity index (χ1) is 9.78. The molecule has 2 N–H and O–H groups in total. The average molecular weight is 275 g/mol. The second-order valence-electron chi connectivity index (χ2n) is 5.44. The van der Waals surface area contributed by atoms with Crippen LogP contribution in [0.2, 0.25) is 0 Å². The Balaban J connectivity index is 1.83. The van der Waals surface area contributed by atoms with Crippen LogP contribution in [0.15, 0.2) is 24.3 Å². The minimum atomic E-state index is 0.0959. The fourth-order valence-electron chi connectivity index (χ4n) is 2.60. The molecule has 0 spiro atoms. The van der Waals surface area contributed by atoms with Gasteiger partial charge in [0.2, 0.25) is 5.91 Å². The number of anilines is 1. The van der Waals surface area contributed by atoms with Crippen molar-refractivity contribution in [3.63, 3.8) is 0 Å². The van der Waals surface area contributed by atoms with Crippen LogP contribution in [0.1, 0.15) is 31.2 Å². The smallest absolute Gasteiger partial charge is 0.224 e. The quantitative estimate of drug-likeness (QED) is 0.750. The lowest BCUT2D eigenvalue weighted by Gasteiger charge is -2.15. The third-order valence-electron chi connectivity index (χ3n) is 3.65. The highest BCUT2D eigenvalue weighted by Gasteiger charge is 2.12. The highest BCUT2D eigenvalue weighted by Crippen LogP contribution is 2.16. The first kappa shape index (κ1) is 15.0. The van der Waals surface area contributed by atoms with Gasteiger partial charge in [0.15, 0.2) is 0 Å². The van der Waals surface area contributed by atoms with Crippen molar-refractivity contribution in [3.8, 4) is 0 Å². The maximum atomic E-state index is 11.8. The summed E-state index contributed by atoms with van der Waals surface area (Å²) >= 11 is 0. The van der Waals surface area contributed by atoms with E-state index in [0.29, 0.717) is 6.42 Å². The van der Waals surface area contributed by atoms with Crippen molar-refractivity contribution >= 4 is 11.6 Å². The predicted molar refractivity (Wildman–Crippen MR) is 82.7 cm³/mol. The lowest BCUT2D eigenvalue weighted by Crippen LogP contribution is -2.18. The Morgan fingerprint density at radius 3 is 2.85 bits per heavy atom. The Morgan fingerprint density at radius 2 is 2.10 bits per heavy atom. The van der Waals surface area contributed by atoms with E-state index in [4.69, 9.17) is 0 Å². The summed E-state index contributed by atoms with van der Waals surface area (Å²) in [6, 6.07) is 8.21. The average Bonchev–Trinajstić information content (AvgIpc) is 2.92. The monoisotopic (exact) mass is 275 g/mol. The number of nitrogens with zero attached hydrogens (tertiary/aromatic N) is 1.